The molecule has 0 aliphatic heterocycles. The van der Waals surface area contributed by atoms with Crippen molar-refractivity contribution in [2.75, 3.05) is 5.32 Å². The van der Waals surface area contributed by atoms with Crippen LogP contribution in [0.1, 0.15) is 16.7 Å². The van der Waals surface area contributed by atoms with Gasteiger partial charge in [-0.05, 0) is 36.4 Å². The Kier molecular flexibility index (Phi) is 3.94. The molecule has 3 aromatic rings. The molecular weight excluding hydrogens is 316 g/mol. The van der Waals surface area contributed by atoms with E-state index < -0.39 is 11.6 Å². The standard InChI is InChI=1S/C15H10ClF2NOS/c16-14-4-3-13(21-14)15(12-2-1-5-20-12)19-11-7-9(17)6-10(18)8-11/h1-8,15,19H. The summed E-state index contributed by atoms with van der Waals surface area (Å²) >= 11 is 7.34. The molecule has 0 amide bonds. The Bertz CT molecular complexity index is 722. The minimum Gasteiger partial charge on any atom is -0.467 e. The Morgan fingerprint density at radius 3 is 2.43 bits per heavy atom. The quantitative estimate of drug-likeness (QED) is 0.687. The highest BCUT2D eigenvalue weighted by Crippen LogP contribution is 2.34. The summed E-state index contributed by atoms with van der Waals surface area (Å²) in [6.07, 6.45) is 1.55. The number of hydrogen-bond donors (Lipinski definition) is 1. The first-order chi connectivity index (χ1) is 10.1. The van der Waals surface area contributed by atoms with Crippen LogP contribution in [0.2, 0.25) is 4.34 Å². The molecule has 21 heavy (non-hydrogen) atoms. The van der Waals surface area contributed by atoms with Crippen molar-refractivity contribution in [1.29, 1.82) is 0 Å². The van der Waals surface area contributed by atoms with Crippen LogP contribution in [0, 0.1) is 11.6 Å². The molecule has 3 rings (SSSR count). The first-order valence-electron chi connectivity index (χ1n) is 6.13. The van der Waals surface area contributed by atoms with Gasteiger partial charge in [-0.25, -0.2) is 8.78 Å². The van der Waals surface area contributed by atoms with E-state index in [0.717, 1.165) is 10.9 Å². The van der Waals surface area contributed by atoms with Gasteiger partial charge in [0.15, 0.2) is 0 Å². The van der Waals surface area contributed by atoms with E-state index in [9.17, 15) is 8.78 Å². The monoisotopic (exact) mass is 325 g/mol. The molecule has 0 radical (unpaired) electrons. The summed E-state index contributed by atoms with van der Waals surface area (Å²) in [6, 6.07) is 10.1. The van der Waals surface area contributed by atoms with Gasteiger partial charge in [-0.1, -0.05) is 11.6 Å². The smallest absolute Gasteiger partial charge is 0.131 e. The summed E-state index contributed by atoms with van der Waals surface area (Å²) < 4.78 is 32.6. The van der Waals surface area contributed by atoms with Crippen molar-refractivity contribution < 1.29 is 13.2 Å². The number of hydrogen-bond acceptors (Lipinski definition) is 3. The highest BCUT2D eigenvalue weighted by atomic mass is 35.5. The van der Waals surface area contributed by atoms with Crippen LogP contribution in [0.3, 0.4) is 0 Å². The Hall–Kier alpha value is -1.85. The predicted octanol–water partition coefficient (Wildman–Crippen LogP) is 5.47. The van der Waals surface area contributed by atoms with Gasteiger partial charge in [0.25, 0.3) is 0 Å². The Morgan fingerprint density at radius 1 is 1.10 bits per heavy atom. The maximum absolute atomic E-state index is 13.3. The topological polar surface area (TPSA) is 25.2 Å². The van der Waals surface area contributed by atoms with Crippen molar-refractivity contribution >= 4 is 28.6 Å². The maximum atomic E-state index is 13.3. The van der Waals surface area contributed by atoms with E-state index in [1.165, 1.54) is 23.5 Å². The third-order valence-electron chi connectivity index (χ3n) is 2.88. The minimum atomic E-state index is -0.639. The molecule has 1 N–H and O–H groups in total. The fourth-order valence-electron chi connectivity index (χ4n) is 2.03. The zero-order valence-corrected chi connectivity index (χ0v) is 12.2. The lowest BCUT2D eigenvalue weighted by molar-refractivity contribution is 0.500. The zero-order chi connectivity index (χ0) is 14.8. The van der Waals surface area contributed by atoms with Crippen molar-refractivity contribution in [2.24, 2.45) is 0 Å². The van der Waals surface area contributed by atoms with Crippen molar-refractivity contribution in [3.63, 3.8) is 0 Å². The molecule has 0 aliphatic rings. The Morgan fingerprint density at radius 2 is 1.86 bits per heavy atom. The molecule has 0 spiro atoms. The van der Waals surface area contributed by atoms with E-state index in [4.69, 9.17) is 16.0 Å². The first-order valence-corrected chi connectivity index (χ1v) is 7.32. The predicted molar refractivity (Wildman–Crippen MR) is 79.9 cm³/mol. The SMILES string of the molecule is Fc1cc(F)cc(NC(c2ccco2)c2ccc(Cl)s2)c1. The molecule has 2 aromatic heterocycles. The molecule has 2 nitrogen and oxygen atoms in total. The summed E-state index contributed by atoms with van der Waals surface area (Å²) in [5, 5.41) is 3.07. The van der Waals surface area contributed by atoms with E-state index in [0.29, 0.717) is 15.8 Å². The van der Waals surface area contributed by atoms with Crippen LogP contribution in [0.5, 0.6) is 0 Å². The number of rotatable bonds is 4. The van der Waals surface area contributed by atoms with Gasteiger partial charge < -0.3 is 9.73 Å². The average Bonchev–Trinajstić information content (AvgIpc) is 3.06. The molecule has 1 aromatic carbocycles. The maximum Gasteiger partial charge on any atom is 0.131 e. The minimum absolute atomic E-state index is 0.332. The fourth-order valence-corrected chi connectivity index (χ4v) is 3.15. The van der Waals surface area contributed by atoms with Crippen LogP contribution in [-0.2, 0) is 0 Å². The van der Waals surface area contributed by atoms with Gasteiger partial charge in [-0.15, -0.1) is 11.3 Å². The molecular formula is C15H10ClF2NOS. The third-order valence-corrected chi connectivity index (χ3v) is 4.18. The van der Waals surface area contributed by atoms with Gasteiger partial charge >= 0.3 is 0 Å². The second kappa shape index (κ2) is 5.87. The molecule has 0 saturated carbocycles. The number of furan rings is 1. The normalized spacial score (nSPS) is 12.3. The van der Waals surface area contributed by atoms with E-state index in [-0.39, 0.29) is 6.04 Å². The summed E-state index contributed by atoms with van der Waals surface area (Å²) in [5.74, 6) is -0.641. The largest absolute Gasteiger partial charge is 0.467 e. The molecule has 2 heterocycles. The molecule has 1 atom stereocenters. The van der Waals surface area contributed by atoms with Crippen LogP contribution in [0.15, 0.2) is 53.1 Å². The molecule has 0 saturated heterocycles. The van der Waals surface area contributed by atoms with Crippen molar-refractivity contribution in [3.8, 4) is 0 Å². The zero-order valence-electron chi connectivity index (χ0n) is 10.6. The lowest BCUT2D eigenvalue weighted by atomic mass is 10.1. The molecule has 0 bridgehead atoms. The fraction of sp³-hybridized carbons (Fsp3) is 0.0667. The molecule has 0 fully saturated rings. The summed E-state index contributed by atoms with van der Waals surface area (Å²) in [4.78, 5) is 0.889. The highest BCUT2D eigenvalue weighted by molar-refractivity contribution is 7.16. The Balaban J connectivity index is 1.96. The van der Waals surface area contributed by atoms with Crippen molar-refractivity contribution in [3.05, 3.63) is 75.3 Å². The van der Waals surface area contributed by atoms with Crippen LogP contribution in [0.25, 0.3) is 0 Å². The number of halogens is 3. The highest BCUT2D eigenvalue weighted by Gasteiger charge is 2.19. The van der Waals surface area contributed by atoms with Crippen LogP contribution >= 0.6 is 22.9 Å². The lowest BCUT2D eigenvalue weighted by Crippen LogP contribution is -2.10. The number of thiophene rings is 1. The summed E-state index contributed by atoms with van der Waals surface area (Å²) in [6.45, 7) is 0. The molecule has 1 unspecified atom stereocenters. The second-order valence-corrected chi connectivity index (χ2v) is 6.14. The van der Waals surface area contributed by atoms with Crippen LogP contribution in [-0.4, -0.2) is 0 Å². The number of nitrogens with one attached hydrogen (secondary N) is 1. The molecule has 108 valence electrons. The van der Waals surface area contributed by atoms with Gasteiger partial charge in [0.1, 0.15) is 23.4 Å². The van der Waals surface area contributed by atoms with Crippen molar-refractivity contribution in [2.45, 2.75) is 6.04 Å². The van der Waals surface area contributed by atoms with Crippen LogP contribution in [0.4, 0.5) is 14.5 Å². The number of benzene rings is 1. The van der Waals surface area contributed by atoms with Crippen LogP contribution < -0.4 is 5.32 Å². The van der Waals surface area contributed by atoms with E-state index in [2.05, 4.69) is 5.32 Å². The Labute approximate surface area is 129 Å². The second-order valence-electron chi connectivity index (χ2n) is 4.39. The van der Waals surface area contributed by atoms with E-state index >= 15 is 0 Å². The van der Waals surface area contributed by atoms with E-state index in [1.807, 2.05) is 6.07 Å². The van der Waals surface area contributed by atoms with Gasteiger partial charge in [0, 0.05) is 16.6 Å². The average molecular weight is 326 g/mol. The van der Waals surface area contributed by atoms with Gasteiger partial charge in [-0.2, -0.15) is 0 Å². The number of anilines is 1. The van der Waals surface area contributed by atoms with Crippen molar-refractivity contribution in [1.82, 2.24) is 0 Å². The molecule has 0 aliphatic carbocycles. The summed E-state index contributed by atoms with van der Waals surface area (Å²) in [5.41, 5.74) is 0.332. The third kappa shape index (κ3) is 3.25. The van der Waals surface area contributed by atoms with Gasteiger partial charge in [0.2, 0.25) is 0 Å². The first kappa shape index (κ1) is 14.1. The summed E-state index contributed by atoms with van der Waals surface area (Å²) in [7, 11) is 0. The molecule has 6 heteroatoms. The van der Waals surface area contributed by atoms with Gasteiger partial charge in [0.05, 0.1) is 10.6 Å². The van der Waals surface area contributed by atoms with E-state index in [1.54, 1.807) is 24.5 Å². The lowest BCUT2D eigenvalue weighted by Gasteiger charge is -2.16. The van der Waals surface area contributed by atoms with Gasteiger partial charge in [-0.3, -0.25) is 0 Å².